The van der Waals surface area contributed by atoms with Gasteiger partial charge in [-0.1, -0.05) is 30.3 Å². The topological polar surface area (TPSA) is 34.1 Å². The lowest BCUT2D eigenvalue weighted by molar-refractivity contribution is 0.109. The summed E-state index contributed by atoms with van der Waals surface area (Å²) in [6.45, 7) is 0. The van der Waals surface area contributed by atoms with Crippen molar-refractivity contribution in [3.63, 3.8) is 0 Å². The van der Waals surface area contributed by atoms with Crippen molar-refractivity contribution in [1.29, 1.82) is 0 Å². The summed E-state index contributed by atoms with van der Waals surface area (Å²) in [4.78, 5) is 21.8. The number of hydrogen-bond acceptors (Lipinski definition) is 2. The van der Waals surface area contributed by atoms with Crippen molar-refractivity contribution in [3.05, 3.63) is 59.4 Å². The summed E-state index contributed by atoms with van der Waals surface area (Å²) in [5, 5.41) is 0. The van der Waals surface area contributed by atoms with Crippen LogP contribution in [0.4, 0.5) is 4.39 Å². The van der Waals surface area contributed by atoms with E-state index in [1.807, 2.05) is 0 Å². The Morgan fingerprint density at radius 1 is 0.882 bits per heavy atom. The van der Waals surface area contributed by atoms with E-state index < -0.39 is 0 Å². The fourth-order valence-electron chi connectivity index (χ4n) is 1.70. The first-order valence-electron chi connectivity index (χ1n) is 5.05. The third-order valence-corrected chi connectivity index (χ3v) is 2.54. The van der Waals surface area contributed by atoms with Gasteiger partial charge in [-0.25, -0.2) is 4.39 Å². The SMILES string of the molecule is O=Cc1cccc(-c2ccc(F)cc2)c1C=O. The molecule has 0 saturated heterocycles. The zero-order chi connectivity index (χ0) is 12.3. The van der Waals surface area contributed by atoms with Crippen LogP contribution in [0.5, 0.6) is 0 Å². The van der Waals surface area contributed by atoms with Crippen molar-refractivity contribution in [2.45, 2.75) is 0 Å². The highest BCUT2D eigenvalue weighted by molar-refractivity contribution is 5.97. The molecular formula is C14H9FO2. The smallest absolute Gasteiger partial charge is 0.151 e. The Hall–Kier alpha value is -2.29. The van der Waals surface area contributed by atoms with Crippen LogP contribution in [0.25, 0.3) is 11.1 Å². The maximum atomic E-state index is 12.8. The van der Waals surface area contributed by atoms with Gasteiger partial charge >= 0.3 is 0 Å². The van der Waals surface area contributed by atoms with E-state index in [-0.39, 0.29) is 5.82 Å². The minimum absolute atomic E-state index is 0.328. The van der Waals surface area contributed by atoms with Gasteiger partial charge in [0.05, 0.1) is 0 Å². The monoisotopic (exact) mass is 228 g/mol. The van der Waals surface area contributed by atoms with Gasteiger partial charge in [-0.2, -0.15) is 0 Å². The molecule has 0 bridgehead atoms. The molecule has 2 aromatic carbocycles. The lowest BCUT2D eigenvalue weighted by Crippen LogP contribution is -1.94. The van der Waals surface area contributed by atoms with Gasteiger partial charge in [-0.05, 0) is 23.3 Å². The molecule has 0 aliphatic carbocycles. The first kappa shape index (κ1) is 11.2. The van der Waals surface area contributed by atoms with Crippen LogP contribution in [0.3, 0.4) is 0 Å². The van der Waals surface area contributed by atoms with Crippen molar-refractivity contribution in [2.24, 2.45) is 0 Å². The number of halogens is 1. The van der Waals surface area contributed by atoms with E-state index in [1.165, 1.54) is 12.1 Å². The van der Waals surface area contributed by atoms with Gasteiger partial charge in [0.2, 0.25) is 0 Å². The summed E-state index contributed by atoms with van der Waals surface area (Å²) in [5.74, 6) is -0.340. The Balaban J connectivity index is 2.62. The van der Waals surface area contributed by atoms with Crippen LogP contribution in [0.15, 0.2) is 42.5 Å². The van der Waals surface area contributed by atoms with Crippen molar-refractivity contribution in [3.8, 4) is 11.1 Å². The molecule has 0 aliphatic rings. The number of carbonyl (C=O) groups is 2. The molecule has 0 amide bonds. The number of carbonyl (C=O) groups excluding carboxylic acids is 2. The van der Waals surface area contributed by atoms with Crippen molar-refractivity contribution < 1.29 is 14.0 Å². The van der Waals surface area contributed by atoms with Gasteiger partial charge in [0.1, 0.15) is 5.82 Å². The van der Waals surface area contributed by atoms with Gasteiger partial charge in [0.15, 0.2) is 12.6 Å². The molecule has 2 nitrogen and oxygen atoms in total. The maximum absolute atomic E-state index is 12.8. The second-order valence-electron chi connectivity index (χ2n) is 3.55. The zero-order valence-corrected chi connectivity index (χ0v) is 8.89. The summed E-state index contributed by atoms with van der Waals surface area (Å²) in [6, 6.07) is 10.8. The third kappa shape index (κ3) is 2.13. The van der Waals surface area contributed by atoms with E-state index >= 15 is 0 Å². The van der Waals surface area contributed by atoms with E-state index in [9.17, 15) is 14.0 Å². The van der Waals surface area contributed by atoms with Crippen LogP contribution >= 0.6 is 0 Å². The Bertz CT molecular complexity index is 559. The Morgan fingerprint density at radius 3 is 2.18 bits per heavy atom. The second-order valence-corrected chi connectivity index (χ2v) is 3.55. The van der Waals surface area contributed by atoms with Crippen molar-refractivity contribution >= 4 is 12.6 Å². The molecule has 0 unspecified atom stereocenters. The average molecular weight is 228 g/mol. The van der Waals surface area contributed by atoms with Crippen LogP contribution in [0.1, 0.15) is 20.7 Å². The summed E-state index contributed by atoms with van der Waals surface area (Å²) in [5.41, 5.74) is 2.00. The molecule has 0 aromatic heterocycles. The highest BCUT2D eigenvalue weighted by Crippen LogP contribution is 2.24. The van der Waals surface area contributed by atoms with Gasteiger partial charge in [-0.3, -0.25) is 9.59 Å². The molecule has 3 heteroatoms. The molecule has 0 heterocycles. The number of rotatable bonds is 3. The minimum atomic E-state index is -0.340. The normalized spacial score (nSPS) is 9.94. The lowest BCUT2D eigenvalue weighted by atomic mass is 9.97. The predicted molar refractivity (Wildman–Crippen MR) is 62.6 cm³/mol. The highest BCUT2D eigenvalue weighted by Gasteiger charge is 2.08. The van der Waals surface area contributed by atoms with E-state index in [1.54, 1.807) is 30.3 Å². The van der Waals surface area contributed by atoms with Crippen molar-refractivity contribution in [2.75, 3.05) is 0 Å². The second kappa shape index (κ2) is 4.70. The average Bonchev–Trinajstić information content (AvgIpc) is 2.38. The largest absolute Gasteiger partial charge is 0.298 e. The molecular weight excluding hydrogens is 219 g/mol. The number of hydrogen-bond donors (Lipinski definition) is 0. The Labute approximate surface area is 97.7 Å². The van der Waals surface area contributed by atoms with E-state index in [0.717, 1.165) is 0 Å². The summed E-state index contributed by atoms with van der Waals surface area (Å²) in [6.07, 6.45) is 1.28. The van der Waals surface area contributed by atoms with Crippen LogP contribution in [-0.4, -0.2) is 12.6 Å². The van der Waals surface area contributed by atoms with E-state index in [4.69, 9.17) is 0 Å². The first-order chi connectivity index (χ1) is 8.26. The Morgan fingerprint density at radius 2 is 1.59 bits per heavy atom. The summed E-state index contributed by atoms with van der Waals surface area (Å²) < 4.78 is 12.8. The van der Waals surface area contributed by atoms with Gasteiger partial charge in [-0.15, -0.1) is 0 Å². The molecule has 84 valence electrons. The molecule has 2 rings (SSSR count). The van der Waals surface area contributed by atoms with Gasteiger partial charge in [0, 0.05) is 11.1 Å². The van der Waals surface area contributed by atoms with Gasteiger partial charge in [0.25, 0.3) is 0 Å². The molecule has 0 N–H and O–H groups in total. The fourth-order valence-corrected chi connectivity index (χ4v) is 1.70. The molecule has 0 fully saturated rings. The van der Waals surface area contributed by atoms with Crippen LogP contribution in [-0.2, 0) is 0 Å². The van der Waals surface area contributed by atoms with Crippen LogP contribution in [0.2, 0.25) is 0 Å². The quantitative estimate of drug-likeness (QED) is 0.756. The molecule has 2 aromatic rings. The summed E-state index contributed by atoms with van der Waals surface area (Å²) in [7, 11) is 0. The van der Waals surface area contributed by atoms with Crippen LogP contribution < -0.4 is 0 Å². The lowest BCUT2D eigenvalue weighted by Gasteiger charge is -2.06. The van der Waals surface area contributed by atoms with Gasteiger partial charge < -0.3 is 0 Å². The first-order valence-corrected chi connectivity index (χ1v) is 5.05. The predicted octanol–water partition coefficient (Wildman–Crippen LogP) is 3.12. The van der Waals surface area contributed by atoms with E-state index in [2.05, 4.69) is 0 Å². The summed E-state index contributed by atoms with van der Waals surface area (Å²) >= 11 is 0. The van der Waals surface area contributed by atoms with Crippen molar-refractivity contribution in [1.82, 2.24) is 0 Å². The molecule has 0 spiro atoms. The molecule has 0 radical (unpaired) electrons. The fraction of sp³-hybridized carbons (Fsp3) is 0. The van der Waals surface area contributed by atoms with Crippen LogP contribution in [0, 0.1) is 5.82 Å². The standard InChI is InChI=1S/C14H9FO2/c15-12-6-4-10(5-7-12)13-3-1-2-11(8-16)14(13)9-17/h1-9H. The molecule has 0 saturated carbocycles. The number of benzene rings is 2. The molecule has 0 aliphatic heterocycles. The zero-order valence-electron chi connectivity index (χ0n) is 8.89. The minimum Gasteiger partial charge on any atom is -0.298 e. The highest BCUT2D eigenvalue weighted by atomic mass is 19.1. The molecule has 17 heavy (non-hydrogen) atoms. The number of aldehydes is 2. The maximum Gasteiger partial charge on any atom is 0.151 e. The Kier molecular flexibility index (Phi) is 3.10. The van der Waals surface area contributed by atoms with E-state index in [0.29, 0.717) is 34.8 Å². The third-order valence-electron chi connectivity index (χ3n) is 2.54. The molecule has 0 atom stereocenters.